The molecule has 2 aromatic rings. The average molecular weight is 416 g/mol. The third-order valence-corrected chi connectivity index (χ3v) is 4.32. The molecule has 3 N–H and O–H groups in total. The van der Waals surface area contributed by atoms with Crippen LogP contribution in [0.2, 0.25) is 0 Å². The Morgan fingerprint density at radius 1 is 1.33 bits per heavy atom. The van der Waals surface area contributed by atoms with Crippen molar-refractivity contribution < 1.29 is 18.3 Å². The lowest BCUT2D eigenvalue weighted by molar-refractivity contribution is 0.0817. The minimum atomic E-state index is -2.60. The van der Waals surface area contributed by atoms with Gasteiger partial charge < -0.3 is 15.8 Å². The maximum atomic E-state index is 12.8. The van der Waals surface area contributed by atoms with Gasteiger partial charge >= 0.3 is 0 Å². The number of hydrogen-bond acceptors (Lipinski definition) is 5. The normalized spacial score (nSPS) is 15.4. The smallest absolute Gasteiger partial charge is 0.272 e. The zero-order valence-electron chi connectivity index (χ0n) is 16.3. The minimum absolute atomic E-state index is 0.178. The SMILES string of the molecule is CC(NC(=O)c1cc(OCC(F)F)cc(C2CC2)c1)C(N=CN)=Nc1ncccn1. The van der Waals surface area contributed by atoms with Crippen LogP contribution >= 0.6 is 0 Å². The molecule has 8 nitrogen and oxygen atoms in total. The van der Waals surface area contributed by atoms with E-state index in [1.807, 2.05) is 0 Å². The van der Waals surface area contributed by atoms with Gasteiger partial charge in [-0.3, -0.25) is 4.79 Å². The molecule has 0 saturated heterocycles. The second-order valence-corrected chi connectivity index (χ2v) is 6.76. The minimum Gasteiger partial charge on any atom is -0.488 e. The van der Waals surface area contributed by atoms with Gasteiger partial charge in [-0.25, -0.2) is 23.7 Å². The average Bonchev–Trinajstić information content (AvgIpc) is 3.58. The number of nitrogens with one attached hydrogen (secondary N) is 1. The Morgan fingerprint density at radius 2 is 2.07 bits per heavy atom. The first-order valence-corrected chi connectivity index (χ1v) is 9.43. The third kappa shape index (κ3) is 6.03. The van der Waals surface area contributed by atoms with Gasteiger partial charge in [-0.15, -0.1) is 0 Å². The van der Waals surface area contributed by atoms with E-state index < -0.39 is 25.0 Å². The third-order valence-electron chi connectivity index (χ3n) is 4.32. The number of aromatic nitrogens is 2. The lowest BCUT2D eigenvalue weighted by atomic mass is 10.1. The molecule has 0 radical (unpaired) electrons. The molecule has 1 aromatic carbocycles. The number of halogens is 2. The number of rotatable bonds is 8. The Labute approximate surface area is 172 Å². The number of hydrogen-bond donors (Lipinski definition) is 2. The van der Waals surface area contributed by atoms with Gasteiger partial charge in [0.05, 0.1) is 12.4 Å². The quantitative estimate of drug-likeness (QED) is 0.507. The summed E-state index contributed by atoms with van der Waals surface area (Å²) in [6, 6.07) is 5.93. The van der Waals surface area contributed by atoms with Crippen LogP contribution in [0.1, 0.15) is 41.6 Å². The number of carbonyl (C=O) groups is 1. The summed E-state index contributed by atoms with van der Waals surface area (Å²) in [5.74, 6) is 0.533. The number of nitrogens with two attached hydrogens (primary N) is 1. The van der Waals surface area contributed by atoms with Crippen LogP contribution in [0.5, 0.6) is 5.75 Å². The molecule has 1 unspecified atom stereocenters. The van der Waals surface area contributed by atoms with Gasteiger partial charge in [0, 0.05) is 18.0 Å². The van der Waals surface area contributed by atoms with Crippen LogP contribution in [-0.4, -0.2) is 47.1 Å². The highest BCUT2D eigenvalue weighted by Crippen LogP contribution is 2.41. The summed E-state index contributed by atoms with van der Waals surface area (Å²) < 4.78 is 30.2. The van der Waals surface area contributed by atoms with E-state index in [1.165, 1.54) is 18.5 Å². The maximum absolute atomic E-state index is 12.8. The summed E-state index contributed by atoms with van der Waals surface area (Å²) >= 11 is 0. The first-order chi connectivity index (χ1) is 14.5. The van der Waals surface area contributed by atoms with Crippen molar-refractivity contribution in [1.29, 1.82) is 0 Å². The van der Waals surface area contributed by atoms with Crippen molar-refractivity contribution in [2.45, 2.75) is 38.2 Å². The molecular formula is C20H22F2N6O2. The van der Waals surface area contributed by atoms with E-state index in [0.717, 1.165) is 24.7 Å². The van der Waals surface area contributed by atoms with Crippen LogP contribution in [-0.2, 0) is 0 Å². The van der Waals surface area contributed by atoms with Crippen LogP contribution in [0.4, 0.5) is 14.7 Å². The number of carbonyl (C=O) groups excluding carboxylic acids is 1. The van der Waals surface area contributed by atoms with Crippen LogP contribution in [0.25, 0.3) is 0 Å². The Hall–Kier alpha value is -3.43. The Morgan fingerprint density at radius 3 is 2.70 bits per heavy atom. The van der Waals surface area contributed by atoms with Gasteiger partial charge in [-0.1, -0.05) is 0 Å². The lowest BCUT2D eigenvalue weighted by Gasteiger charge is -2.15. The van der Waals surface area contributed by atoms with Gasteiger partial charge in [-0.2, -0.15) is 4.99 Å². The zero-order valence-corrected chi connectivity index (χ0v) is 16.3. The zero-order chi connectivity index (χ0) is 21.5. The van der Waals surface area contributed by atoms with Crippen LogP contribution in [0.15, 0.2) is 46.6 Å². The molecule has 10 heteroatoms. The summed E-state index contributed by atoms with van der Waals surface area (Å²) in [7, 11) is 0. The van der Waals surface area contributed by atoms with E-state index in [9.17, 15) is 13.6 Å². The number of alkyl halides is 2. The molecule has 1 fully saturated rings. The second-order valence-electron chi connectivity index (χ2n) is 6.76. The van der Waals surface area contributed by atoms with Crippen molar-refractivity contribution in [3.63, 3.8) is 0 Å². The van der Waals surface area contributed by atoms with Crippen LogP contribution in [0.3, 0.4) is 0 Å². The van der Waals surface area contributed by atoms with E-state index in [-0.39, 0.29) is 17.5 Å². The van der Waals surface area contributed by atoms with Crippen molar-refractivity contribution in [3.05, 3.63) is 47.8 Å². The van der Waals surface area contributed by atoms with Crippen molar-refractivity contribution >= 4 is 24.0 Å². The number of nitrogens with zero attached hydrogens (tertiary/aromatic N) is 4. The van der Waals surface area contributed by atoms with Gasteiger partial charge in [0.15, 0.2) is 5.84 Å². The van der Waals surface area contributed by atoms with Gasteiger partial charge in [0.25, 0.3) is 18.3 Å². The number of aliphatic imine (C=N–C) groups is 2. The highest BCUT2D eigenvalue weighted by atomic mass is 19.3. The van der Waals surface area contributed by atoms with Crippen LogP contribution < -0.4 is 15.8 Å². The Kier molecular flexibility index (Phi) is 6.99. The molecule has 1 atom stereocenters. The molecule has 0 aliphatic heterocycles. The molecule has 1 aliphatic rings. The van der Waals surface area contributed by atoms with E-state index in [2.05, 4.69) is 25.3 Å². The van der Waals surface area contributed by atoms with E-state index >= 15 is 0 Å². The predicted octanol–water partition coefficient (Wildman–Crippen LogP) is 2.83. The highest BCUT2D eigenvalue weighted by Gasteiger charge is 2.26. The molecular weight excluding hydrogens is 394 g/mol. The lowest BCUT2D eigenvalue weighted by Crippen LogP contribution is -2.38. The molecule has 3 rings (SSSR count). The van der Waals surface area contributed by atoms with Gasteiger partial charge in [-0.05, 0) is 55.5 Å². The van der Waals surface area contributed by atoms with Crippen molar-refractivity contribution in [3.8, 4) is 5.75 Å². The van der Waals surface area contributed by atoms with E-state index in [0.29, 0.717) is 11.5 Å². The number of benzene rings is 1. The van der Waals surface area contributed by atoms with Crippen molar-refractivity contribution in [1.82, 2.24) is 15.3 Å². The van der Waals surface area contributed by atoms with Crippen molar-refractivity contribution in [2.24, 2.45) is 15.7 Å². The first-order valence-electron chi connectivity index (χ1n) is 9.43. The largest absolute Gasteiger partial charge is 0.488 e. The fourth-order valence-corrected chi connectivity index (χ4v) is 2.76. The second kappa shape index (κ2) is 9.86. The fraction of sp³-hybridized carbons (Fsp3) is 0.350. The first kappa shape index (κ1) is 21.3. The standard InChI is InChI=1S/C20H22F2N6O2/c1-12(18(26-11-23)28-20-24-5-2-6-25-20)27-19(29)15-7-14(13-3-4-13)8-16(9-15)30-10-17(21)22/h2,5-9,11-13,17H,3-4,10H2,1H3,(H,27,29)(H2,23,24,25,26,28). The van der Waals surface area contributed by atoms with Crippen LogP contribution in [0, 0.1) is 0 Å². The summed E-state index contributed by atoms with van der Waals surface area (Å²) in [6.45, 7) is 0.955. The molecule has 158 valence electrons. The molecule has 1 aliphatic carbocycles. The highest BCUT2D eigenvalue weighted by molar-refractivity contribution is 6.01. The fourth-order valence-electron chi connectivity index (χ4n) is 2.76. The van der Waals surface area contributed by atoms with Gasteiger partial charge in [0.2, 0.25) is 0 Å². The summed E-state index contributed by atoms with van der Waals surface area (Å²) in [4.78, 5) is 29.0. The molecule has 0 spiro atoms. The Bertz CT molecular complexity index is 932. The van der Waals surface area contributed by atoms with Gasteiger partial charge in [0.1, 0.15) is 12.4 Å². The molecule has 1 amide bonds. The molecule has 0 bridgehead atoms. The van der Waals surface area contributed by atoms with E-state index in [1.54, 1.807) is 25.1 Å². The summed E-state index contributed by atoms with van der Waals surface area (Å²) in [6.07, 6.45) is 3.52. The molecule has 1 saturated carbocycles. The summed E-state index contributed by atoms with van der Waals surface area (Å²) in [5.41, 5.74) is 6.60. The Balaban J connectivity index is 1.78. The number of amidine groups is 1. The molecule has 1 heterocycles. The number of ether oxygens (including phenoxy) is 1. The monoisotopic (exact) mass is 416 g/mol. The summed E-state index contributed by atoms with van der Waals surface area (Å²) in [5, 5.41) is 2.78. The molecule has 30 heavy (non-hydrogen) atoms. The van der Waals surface area contributed by atoms with E-state index in [4.69, 9.17) is 10.5 Å². The molecule has 1 aromatic heterocycles. The predicted molar refractivity (Wildman–Crippen MR) is 109 cm³/mol. The topological polar surface area (TPSA) is 115 Å². The maximum Gasteiger partial charge on any atom is 0.272 e. The number of amides is 1. The van der Waals surface area contributed by atoms with Crippen molar-refractivity contribution in [2.75, 3.05) is 6.61 Å².